The molecule has 0 aliphatic carbocycles. The van der Waals surface area contributed by atoms with Crippen molar-refractivity contribution in [3.63, 3.8) is 0 Å². The standard InChI is InChI=1S/C5H8O/c1-3-5(6)4-2/h3H,1,4H2,2H3/i1D. The van der Waals surface area contributed by atoms with Crippen LogP contribution in [0.3, 0.4) is 0 Å². The fourth-order valence-electron chi connectivity index (χ4n) is 0.118. The lowest BCUT2D eigenvalue weighted by Gasteiger charge is -1.75. The zero-order valence-electron chi connectivity index (χ0n) is 4.77. The van der Waals surface area contributed by atoms with Crippen LogP contribution in [0.4, 0.5) is 0 Å². The summed E-state index contributed by atoms with van der Waals surface area (Å²) in [5.74, 6) is 0.00926. The maximum atomic E-state index is 10.2. The fourth-order valence-corrected chi connectivity index (χ4v) is 0.118. The van der Waals surface area contributed by atoms with Gasteiger partial charge in [-0.15, -0.1) is 0 Å². The second-order valence-electron chi connectivity index (χ2n) is 0.987. The highest BCUT2D eigenvalue weighted by molar-refractivity contribution is 5.88. The molecule has 0 radical (unpaired) electrons. The predicted octanol–water partition coefficient (Wildman–Crippen LogP) is 1.15. The van der Waals surface area contributed by atoms with Gasteiger partial charge in [-0.05, 0) is 6.08 Å². The lowest BCUT2D eigenvalue weighted by molar-refractivity contribution is -0.114. The summed E-state index contributed by atoms with van der Waals surface area (Å²) in [4.78, 5) is 10.2. The number of hydrogen-bond acceptors (Lipinski definition) is 1. The molecule has 0 N–H and O–H groups in total. The molecule has 0 aromatic carbocycles. The van der Waals surface area contributed by atoms with Crippen LogP contribution in [-0.2, 0) is 4.79 Å². The molecule has 0 atom stereocenters. The second kappa shape index (κ2) is 2.64. The Morgan fingerprint density at radius 1 is 2.33 bits per heavy atom. The Balaban J connectivity index is 3.37. The monoisotopic (exact) mass is 85.1 g/mol. The Morgan fingerprint density at radius 3 is 3.17 bits per heavy atom. The molecule has 0 saturated carbocycles. The Morgan fingerprint density at radius 2 is 3.00 bits per heavy atom. The van der Waals surface area contributed by atoms with Crippen LogP contribution in [-0.4, -0.2) is 5.78 Å². The molecular formula is C5H8O. The zero-order valence-corrected chi connectivity index (χ0v) is 3.77. The third-order valence-corrected chi connectivity index (χ3v) is 0.534. The molecule has 0 spiro atoms. The molecule has 0 aromatic heterocycles. The van der Waals surface area contributed by atoms with Gasteiger partial charge in [-0.1, -0.05) is 13.5 Å². The Kier molecular flexibility index (Phi) is 1.58. The maximum absolute atomic E-state index is 10.2. The van der Waals surface area contributed by atoms with E-state index in [2.05, 4.69) is 0 Å². The first-order valence-corrected chi connectivity index (χ1v) is 1.89. The van der Waals surface area contributed by atoms with Crippen molar-refractivity contribution in [2.45, 2.75) is 13.3 Å². The highest BCUT2D eigenvalue weighted by atomic mass is 16.1. The van der Waals surface area contributed by atoms with Crippen molar-refractivity contribution in [3.8, 4) is 0 Å². The molecule has 34 valence electrons. The van der Waals surface area contributed by atoms with E-state index in [0.29, 0.717) is 6.42 Å². The summed E-state index contributed by atoms with van der Waals surface area (Å²) in [6, 6.07) is 0. The summed E-state index contributed by atoms with van der Waals surface area (Å²) >= 11 is 0. The van der Waals surface area contributed by atoms with Crippen LogP contribution in [0.2, 0.25) is 0 Å². The summed E-state index contributed by atoms with van der Waals surface area (Å²) < 4.78 is 6.44. The van der Waals surface area contributed by atoms with Gasteiger partial charge in [0.05, 0.1) is 1.37 Å². The third kappa shape index (κ3) is 1.70. The van der Waals surface area contributed by atoms with E-state index in [1.807, 2.05) is 0 Å². The topological polar surface area (TPSA) is 17.1 Å². The number of allylic oxidation sites excluding steroid dienone is 1. The van der Waals surface area contributed by atoms with Crippen molar-refractivity contribution in [1.82, 2.24) is 0 Å². The number of rotatable bonds is 2. The average molecular weight is 85.1 g/mol. The minimum Gasteiger partial charge on any atom is -0.295 e. The van der Waals surface area contributed by atoms with Crippen molar-refractivity contribution >= 4 is 5.78 Å². The van der Waals surface area contributed by atoms with Gasteiger partial charge < -0.3 is 0 Å². The van der Waals surface area contributed by atoms with E-state index in [1.165, 1.54) is 6.08 Å². The first-order chi connectivity index (χ1) is 3.31. The maximum Gasteiger partial charge on any atom is 0.154 e. The second-order valence-corrected chi connectivity index (χ2v) is 0.987. The molecule has 0 saturated heterocycles. The molecule has 0 fully saturated rings. The molecule has 1 nitrogen and oxygen atoms in total. The summed E-state index contributed by atoms with van der Waals surface area (Å²) in [6.07, 6.45) is 1.75. The predicted molar refractivity (Wildman–Crippen MR) is 25.5 cm³/mol. The molecule has 0 bridgehead atoms. The van der Waals surface area contributed by atoms with Crippen molar-refractivity contribution in [3.05, 3.63) is 12.6 Å². The minimum atomic E-state index is 0.00926. The molecule has 1 heteroatoms. The number of carbonyl (C=O) groups is 1. The first kappa shape index (κ1) is 3.59. The largest absolute Gasteiger partial charge is 0.295 e. The van der Waals surface area contributed by atoms with E-state index in [0.717, 1.165) is 6.55 Å². The Labute approximate surface area is 39.1 Å². The van der Waals surface area contributed by atoms with Gasteiger partial charge in [0.25, 0.3) is 0 Å². The highest BCUT2D eigenvalue weighted by Crippen LogP contribution is 1.76. The summed E-state index contributed by atoms with van der Waals surface area (Å²) in [5.41, 5.74) is 0. The van der Waals surface area contributed by atoms with Crippen molar-refractivity contribution < 1.29 is 6.17 Å². The molecule has 0 amide bonds. The summed E-state index contributed by atoms with van der Waals surface area (Å²) in [5, 5.41) is 0. The van der Waals surface area contributed by atoms with Crippen molar-refractivity contribution in [2.24, 2.45) is 0 Å². The number of carbonyl (C=O) groups excluding carboxylic acids is 1. The normalized spacial score (nSPS) is 11.8. The van der Waals surface area contributed by atoms with Crippen LogP contribution in [0.5, 0.6) is 0 Å². The van der Waals surface area contributed by atoms with E-state index in [1.54, 1.807) is 6.92 Å². The minimum absolute atomic E-state index is 0.00926. The van der Waals surface area contributed by atoms with Crippen LogP contribution in [0.1, 0.15) is 14.7 Å². The van der Waals surface area contributed by atoms with Gasteiger partial charge in [0, 0.05) is 6.42 Å². The smallest absolute Gasteiger partial charge is 0.154 e. The van der Waals surface area contributed by atoms with E-state index < -0.39 is 0 Å². The van der Waals surface area contributed by atoms with Gasteiger partial charge in [-0.25, -0.2) is 0 Å². The van der Waals surface area contributed by atoms with Crippen molar-refractivity contribution in [2.75, 3.05) is 0 Å². The third-order valence-electron chi connectivity index (χ3n) is 0.534. The van der Waals surface area contributed by atoms with Crippen LogP contribution in [0, 0.1) is 0 Å². The van der Waals surface area contributed by atoms with Crippen LogP contribution in [0.15, 0.2) is 12.6 Å². The van der Waals surface area contributed by atoms with Gasteiger partial charge in [-0.3, -0.25) is 4.79 Å². The van der Waals surface area contributed by atoms with Crippen LogP contribution < -0.4 is 0 Å². The van der Waals surface area contributed by atoms with E-state index in [9.17, 15) is 4.79 Å². The molecular weight excluding hydrogens is 76.1 g/mol. The Hall–Kier alpha value is -0.590. The molecule has 0 rings (SSSR count). The molecule has 0 aliphatic rings. The van der Waals surface area contributed by atoms with Crippen LogP contribution >= 0.6 is 0 Å². The highest BCUT2D eigenvalue weighted by Gasteiger charge is 1.81. The SMILES string of the molecule is [2H]C=CC(=O)CC. The molecule has 0 heterocycles. The first-order valence-electron chi connectivity index (χ1n) is 2.46. The molecule has 0 unspecified atom stereocenters. The van der Waals surface area contributed by atoms with E-state index in [-0.39, 0.29) is 5.78 Å². The number of ketones is 1. The molecule has 6 heavy (non-hydrogen) atoms. The Bertz CT molecular complexity index is 86.1. The van der Waals surface area contributed by atoms with E-state index >= 15 is 0 Å². The van der Waals surface area contributed by atoms with Gasteiger partial charge in [0.15, 0.2) is 5.78 Å². The molecule has 0 aromatic rings. The van der Waals surface area contributed by atoms with Gasteiger partial charge >= 0.3 is 0 Å². The lowest BCUT2D eigenvalue weighted by Crippen LogP contribution is -1.83. The quantitative estimate of drug-likeness (QED) is 0.460. The van der Waals surface area contributed by atoms with Gasteiger partial charge in [0.1, 0.15) is 0 Å². The summed E-state index contributed by atoms with van der Waals surface area (Å²) in [7, 11) is 0. The van der Waals surface area contributed by atoms with Gasteiger partial charge in [0.2, 0.25) is 0 Å². The van der Waals surface area contributed by atoms with E-state index in [4.69, 9.17) is 1.37 Å². The number of hydrogen-bond donors (Lipinski definition) is 0. The fraction of sp³-hybridized carbons (Fsp3) is 0.400. The van der Waals surface area contributed by atoms with Crippen LogP contribution in [0.25, 0.3) is 0 Å². The summed E-state index contributed by atoms with van der Waals surface area (Å²) in [6.45, 7) is 2.77. The average Bonchev–Trinajstić information content (AvgIpc) is 1.68. The zero-order chi connectivity index (χ0) is 5.70. The lowest BCUT2D eigenvalue weighted by atomic mass is 10.3. The van der Waals surface area contributed by atoms with Gasteiger partial charge in [-0.2, -0.15) is 0 Å². The van der Waals surface area contributed by atoms with Crippen molar-refractivity contribution in [1.29, 1.82) is 0 Å². The molecule has 0 aliphatic heterocycles.